The number of hydrogen-bond acceptors (Lipinski definition) is 7. The highest BCUT2D eigenvalue weighted by Gasteiger charge is 2.24. The molecule has 1 aliphatic heterocycles. The number of fused-ring (bicyclic) bond motifs is 2. The maximum absolute atomic E-state index is 11.0. The fourth-order valence-corrected chi connectivity index (χ4v) is 4.69. The Kier molecular flexibility index (Phi) is 6.81. The van der Waals surface area contributed by atoms with Crippen LogP contribution in [-0.2, 0) is 17.8 Å². The molecule has 0 saturated heterocycles. The van der Waals surface area contributed by atoms with Crippen molar-refractivity contribution in [1.82, 2.24) is 15.3 Å². The lowest BCUT2D eigenvalue weighted by Gasteiger charge is -2.11. The number of rotatable bonds is 10. The summed E-state index contributed by atoms with van der Waals surface area (Å²) in [6, 6.07) is 13.8. The number of carboxylic acid groups (broad SMARTS) is 1. The molecule has 1 aliphatic carbocycles. The van der Waals surface area contributed by atoms with Gasteiger partial charge in [-0.3, -0.25) is 4.79 Å². The van der Waals surface area contributed by atoms with Gasteiger partial charge in [-0.05, 0) is 86.2 Å². The van der Waals surface area contributed by atoms with E-state index in [-0.39, 0.29) is 19.1 Å². The lowest BCUT2D eigenvalue weighted by molar-refractivity contribution is -0.137. The molecule has 5 rings (SSSR count). The van der Waals surface area contributed by atoms with Gasteiger partial charge in [0.2, 0.25) is 6.79 Å². The van der Waals surface area contributed by atoms with Crippen molar-refractivity contribution in [2.75, 3.05) is 19.9 Å². The molecule has 1 atom stereocenters. The highest BCUT2D eigenvalue weighted by molar-refractivity contribution is 5.68. The fraction of sp³-hybridized carbons (Fsp3) is 0.370. The Hall–Kier alpha value is -3.65. The summed E-state index contributed by atoms with van der Waals surface area (Å²) in [6.07, 6.45) is 2.87. The topological polar surface area (TPSA) is 103 Å². The van der Waals surface area contributed by atoms with Gasteiger partial charge in [-0.15, -0.1) is 0 Å². The molecule has 2 aliphatic rings. The first-order valence-electron chi connectivity index (χ1n) is 12.0. The van der Waals surface area contributed by atoms with E-state index < -0.39 is 5.97 Å². The normalized spacial score (nSPS) is 15.7. The highest BCUT2D eigenvalue weighted by Crippen LogP contribution is 2.37. The number of hydrogen-bond donors (Lipinski definition) is 2. The molecule has 2 heterocycles. The standard InChI is InChI=1S/C27H29N3O5/c1-17-11-21(30-27(29-17)20-5-8-24-25(13-20)35-16-34-24)15-28-9-2-10-33-22-6-7-23-18(12-22)3-4-19(23)14-26(31)32/h5-8,11-13,19,28H,2-4,9-10,14-16H2,1H3,(H,31,32)/t19-/m0/s1. The number of nitrogens with zero attached hydrogens (tertiary/aromatic N) is 2. The van der Waals surface area contributed by atoms with Crippen LogP contribution in [0.4, 0.5) is 0 Å². The van der Waals surface area contributed by atoms with E-state index in [0.717, 1.165) is 65.6 Å². The van der Waals surface area contributed by atoms with Crippen molar-refractivity contribution in [1.29, 1.82) is 0 Å². The van der Waals surface area contributed by atoms with Crippen LogP contribution in [-0.4, -0.2) is 41.0 Å². The van der Waals surface area contributed by atoms with E-state index >= 15 is 0 Å². The first-order valence-corrected chi connectivity index (χ1v) is 12.0. The van der Waals surface area contributed by atoms with Crippen LogP contribution in [0.25, 0.3) is 11.4 Å². The molecule has 0 unspecified atom stereocenters. The van der Waals surface area contributed by atoms with Gasteiger partial charge in [-0.1, -0.05) is 6.07 Å². The summed E-state index contributed by atoms with van der Waals surface area (Å²) in [5.41, 5.74) is 5.11. The average Bonchev–Trinajstić information content (AvgIpc) is 3.47. The zero-order valence-electron chi connectivity index (χ0n) is 19.8. The molecular formula is C27H29N3O5. The molecule has 0 amide bonds. The molecular weight excluding hydrogens is 446 g/mol. The van der Waals surface area contributed by atoms with Crippen LogP contribution in [0.1, 0.15) is 47.7 Å². The molecule has 2 N–H and O–H groups in total. The molecule has 0 fully saturated rings. The molecule has 2 aromatic carbocycles. The van der Waals surface area contributed by atoms with Crippen LogP contribution < -0.4 is 19.5 Å². The van der Waals surface area contributed by atoms with Crippen molar-refractivity contribution < 1.29 is 24.1 Å². The Morgan fingerprint density at radius 2 is 2.03 bits per heavy atom. The molecule has 0 saturated carbocycles. The number of aromatic nitrogens is 2. The summed E-state index contributed by atoms with van der Waals surface area (Å²) in [7, 11) is 0. The van der Waals surface area contributed by atoms with Gasteiger partial charge < -0.3 is 24.6 Å². The molecule has 1 aromatic heterocycles. The Morgan fingerprint density at radius 1 is 1.14 bits per heavy atom. The number of aliphatic carboxylic acids is 1. The lowest BCUT2D eigenvalue weighted by atomic mass is 9.98. The maximum Gasteiger partial charge on any atom is 0.303 e. The molecule has 0 spiro atoms. The van der Waals surface area contributed by atoms with Crippen LogP contribution in [0.5, 0.6) is 17.2 Å². The predicted molar refractivity (Wildman–Crippen MR) is 130 cm³/mol. The van der Waals surface area contributed by atoms with Crippen LogP contribution in [0.3, 0.4) is 0 Å². The Morgan fingerprint density at radius 3 is 2.91 bits per heavy atom. The number of carbonyl (C=O) groups is 1. The van der Waals surface area contributed by atoms with Crippen LogP contribution in [0.15, 0.2) is 42.5 Å². The van der Waals surface area contributed by atoms with E-state index in [9.17, 15) is 4.79 Å². The Balaban J connectivity index is 1.09. The van der Waals surface area contributed by atoms with E-state index in [4.69, 9.17) is 24.3 Å². The molecule has 3 aromatic rings. The minimum Gasteiger partial charge on any atom is -0.494 e. The summed E-state index contributed by atoms with van der Waals surface area (Å²) in [6.45, 7) is 4.26. The first kappa shape index (κ1) is 23.1. The Bertz CT molecular complexity index is 1230. The second-order valence-corrected chi connectivity index (χ2v) is 8.97. The number of aryl methyl sites for hydroxylation is 2. The van der Waals surface area contributed by atoms with Gasteiger partial charge in [-0.25, -0.2) is 9.97 Å². The van der Waals surface area contributed by atoms with E-state index in [1.54, 1.807) is 0 Å². The lowest BCUT2D eigenvalue weighted by Crippen LogP contribution is -2.18. The van der Waals surface area contributed by atoms with Gasteiger partial charge >= 0.3 is 5.97 Å². The number of benzene rings is 2. The van der Waals surface area contributed by atoms with Crippen molar-refractivity contribution in [3.8, 4) is 28.6 Å². The summed E-state index contributed by atoms with van der Waals surface area (Å²) >= 11 is 0. The number of nitrogens with one attached hydrogen (secondary N) is 1. The Labute approximate surface area is 204 Å². The predicted octanol–water partition coefficient (Wildman–Crippen LogP) is 4.24. The summed E-state index contributed by atoms with van der Waals surface area (Å²) in [5, 5.41) is 12.5. The minimum atomic E-state index is -0.739. The molecule has 8 nitrogen and oxygen atoms in total. The van der Waals surface area contributed by atoms with Gasteiger partial charge in [-0.2, -0.15) is 0 Å². The van der Waals surface area contributed by atoms with Crippen LogP contribution >= 0.6 is 0 Å². The van der Waals surface area contributed by atoms with E-state index in [1.165, 1.54) is 5.56 Å². The quantitative estimate of drug-likeness (QED) is 0.420. The smallest absolute Gasteiger partial charge is 0.303 e. The molecule has 182 valence electrons. The maximum atomic E-state index is 11.0. The van der Waals surface area contributed by atoms with Gasteiger partial charge in [0.25, 0.3) is 0 Å². The van der Waals surface area contributed by atoms with Crippen LogP contribution in [0, 0.1) is 6.92 Å². The van der Waals surface area contributed by atoms with E-state index in [0.29, 0.717) is 19.0 Å². The zero-order chi connectivity index (χ0) is 24.2. The highest BCUT2D eigenvalue weighted by atomic mass is 16.7. The first-order chi connectivity index (χ1) is 17.0. The molecule has 0 radical (unpaired) electrons. The van der Waals surface area contributed by atoms with Crippen molar-refractivity contribution in [3.05, 3.63) is 65.0 Å². The van der Waals surface area contributed by atoms with Gasteiger partial charge in [0, 0.05) is 17.8 Å². The van der Waals surface area contributed by atoms with Gasteiger partial charge in [0.05, 0.1) is 18.7 Å². The minimum absolute atomic E-state index is 0.122. The molecule has 35 heavy (non-hydrogen) atoms. The van der Waals surface area contributed by atoms with E-state index in [1.807, 2.05) is 43.3 Å². The third-order valence-corrected chi connectivity index (χ3v) is 6.35. The third-order valence-electron chi connectivity index (χ3n) is 6.35. The monoisotopic (exact) mass is 475 g/mol. The average molecular weight is 476 g/mol. The van der Waals surface area contributed by atoms with Crippen molar-refractivity contribution >= 4 is 5.97 Å². The second-order valence-electron chi connectivity index (χ2n) is 8.97. The SMILES string of the molecule is Cc1cc(CNCCCOc2ccc3c(c2)CC[C@H]3CC(=O)O)nc(-c2ccc3c(c2)OCO3)n1. The largest absolute Gasteiger partial charge is 0.494 e. The number of carboxylic acids is 1. The molecule has 0 bridgehead atoms. The van der Waals surface area contributed by atoms with E-state index in [2.05, 4.69) is 16.4 Å². The number of ether oxygens (including phenoxy) is 3. The summed E-state index contributed by atoms with van der Waals surface area (Å²) < 4.78 is 16.8. The van der Waals surface area contributed by atoms with Crippen molar-refractivity contribution in [3.63, 3.8) is 0 Å². The molecule has 8 heteroatoms. The second kappa shape index (κ2) is 10.3. The van der Waals surface area contributed by atoms with Crippen LogP contribution in [0.2, 0.25) is 0 Å². The van der Waals surface area contributed by atoms with Gasteiger partial charge in [0.1, 0.15) is 5.75 Å². The zero-order valence-corrected chi connectivity index (χ0v) is 19.8. The van der Waals surface area contributed by atoms with Crippen molar-refractivity contribution in [2.45, 2.75) is 45.1 Å². The summed E-state index contributed by atoms with van der Waals surface area (Å²) in [5.74, 6) is 2.36. The summed E-state index contributed by atoms with van der Waals surface area (Å²) in [4.78, 5) is 20.3. The fourth-order valence-electron chi connectivity index (χ4n) is 4.69. The van der Waals surface area contributed by atoms with Gasteiger partial charge in [0.15, 0.2) is 17.3 Å². The van der Waals surface area contributed by atoms with Crippen molar-refractivity contribution in [2.24, 2.45) is 0 Å². The third kappa shape index (κ3) is 5.54.